The second-order valence-corrected chi connectivity index (χ2v) is 3.70. The molecule has 2 heterocycles. The average Bonchev–Trinajstić information content (AvgIpc) is 2.76. The molecule has 0 saturated carbocycles. The Balaban J connectivity index is 2.33. The van der Waals surface area contributed by atoms with Crippen molar-refractivity contribution in [3.05, 3.63) is 35.5 Å². The lowest BCUT2D eigenvalue weighted by molar-refractivity contribution is -0.139. The van der Waals surface area contributed by atoms with E-state index in [9.17, 15) is 9.59 Å². The van der Waals surface area contributed by atoms with Gasteiger partial charge in [-0.15, -0.1) is 0 Å². The molecule has 5 heteroatoms. The summed E-state index contributed by atoms with van der Waals surface area (Å²) >= 11 is 0. The van der Waals surface area contributed by atoms with Gasteiger partial charge in [0, 0.05) is 10.9 Å². The van der Waals surface area contributed by atoms with Crippen molar-refractivity contribution in [1.29, 1.82) is 0 Å². The fraction of sp³-hybridized carbons (Fsp3) is 0.0909. The van der Waals surface area contributed by atoms with E-state index >= 15 is 0 Å². The first-order valence-corrected chi connectivity index (χ1v) is 4.83. The van der Waals surface area contributed by atoms with Gasteiger partial charge in [0.15, 0.2) is 6.04 Å². The maximum Gasteiger partial charge on any atom is 0.332 e. The maximum absolute atomic E-state index is 11.7. The van der Waals surface area contributed by atoms with Gasteiger partial charge in [-0.3, -0.25) is 4.79 Å². The number of hydrogen-bond acceptors (Lipinski definition) is 2. The lowest BCUT2D eigenvalue weighted by atomic mass is 10.1. The zero-order chi connectivity index (χ0) is 11.3. The fourth-order valence-electron chi connectivity index (χ4n) is 2.08. The van der Waals surface area contributed by atoms with E-state index in [2.05, 4.69) is 10.3 Å². The van der Waals surface area contributed by atoms with Crippen LogP contribution in [0.3, 0.4) is 0 Å². The summed E-state index contributed by atoms with van der Waals surface area (Å²) in [5, 5.41) is 12.2. The van der Waals surface area contributed by atoms with E-state index in [1.807, 2.05) is 18.2 Å². The Morgan fingerprint density at radius 3 is 2.81 bits per heavy atom. The fourth-order valence-corrected chi connectivity index (χ4v) is 2.08. The third-order valence-electron chi connectivity index (χ3n) is 2.77. The van der Waals surface area contributed by atoms with E-state index < -0.39 is 12.0 Å². The number of nitrogens with one attached hydrogen (secondary N) is 2. The summed E-state index contributed by atoms with van der Waals surface area (Å²) in [6, 6.07) is 6.31. The molecule has 3 N–H and O–H groups in total. The highest BCUT2D eigenvalue weighted by atomic mass is 16.4. The molecule has 0 saturated heterocycles. The number of carbonyl (C=O) groups excluding carboxylic acids is 1. The molecule has 0 bridgehead atoms. The topological polar surface area (TPSA) is 82.2 Å². The predicted molar refractivity (Wildman–Crippen MR) is 56.1 cm³/mol. The van der Waals surface area contributed by atoms with Gasteiger partial charge in [-0.05, 0) is 6.07 Å². The van der Waals surface area contributed by atoms with E-state index in [1.54, 1.807) is 6.07 Å². The Hall–Kier alpha value is -2.30. The van der Waals surface area contributed by atoms with Crippen LogP contribution in [0.2, 0.25) is 0 Å². The van der Waals surface area contributed by atoms with Gasteiger partial charge < -0.3 is 15.4 Å². The zero-order valence-corrected chi connectivity index (χ0v) is 8.15. The van der Waals surface area contributed by atoms with Crippen molar-refractivity contribution in [2.45, 2.75) is 6.04 Å². The van der Waals surface area contributed by atoms with E-state index in [0.29, 0.717) is 11.3 Å². The molecule has 1 unspecified atom stereocenters. The van der Waals surface area contributed by atoms with Crippen LogP contribution < -0.4 is 5.32 Å². The normalized spacial score (nSPS) is 18.5. The van der Waals surface area contributed by atoms with Crippen molar-refractivity contribution in [1.82, 2.24) is 10.3 Å². The molecule has 0 radical (unpaired) electrons. The van der Waals surface area contributed by atoms with Crippen LogP contribution in [0.4, 0.5) is 0 Å². The molecule has 2 aromatic rings. The van der Waals surface area contributed by atoms with Gasteiger partial charge in [0.2, 0.25) is 0 Å². The van der Waals surface area contributed by atoms with Crippen molar-refractivity contribution in [3.8, 4) is 0 Å². The summed E-state index contributed by atoms with van der Waals surface area (Å²) in [5.74, 6) is -1.39. The van der Waals surface area contributed by atoms with Gasteiger partial charge in [-0.1, -0.05) is 18.2 Å². The number of rotatable bonds is 1. The van der Waals surface area contributed by atoms with Gasteiger partial charge in [0.1, 0.15) is 0 Å². The first kappa shape index (κ1) is 8.96. The summed E-state index contributed by atoms with van der Waals surface area (Å²) in [4.78, 5) is 25.6. The molecular formula is C11H8N2O3. The Bertz CT molecular complexity index is 615. The number of aliphatic carboxylic acids is 1. The summed E-state index contributed by atoms with van der Waals surface area (Å²) in [6.45, 7) is 0. The van der Waals surface area contributed by atoms with Gasteiger partial charge in [0.05, 0.1) is 11.3 Å². The smallest absolute Gasteiger partial charge is 0.332 e. The molecule has 1 aliphatic rings. The van der Waals surface area contributed by atoms with Crippen LogP contribution in [0.1, 0.15) is 22.1 Å². The largest absolute Gasteiger partial charge is 0.479 e. The number of amides is 1. The highest BCUT2D eigenvalue weighted by Crippen LogP contribution is 2.31. The van der Waals surface area contributed by atoms with Crippen LogP contribution in [0.15, 0.2) is 24.3 Å². The van der Waals surface area contributed by atoms with Gasteiger partial charge in [-0.2, -0.15) is 0 Å². The zero-order valence-electron chi connectivity index (χ0n) is 8.15. The highest BCUT2D eigenvalue weighted by Gasteiger charge is 2.36. The standard InChI is InChI=1S/C11H8N2O3/c14-10-7-5-3-1-2-4-6(5)12-8(7)9(13-10)11(15)16/h1-4,9,12H,(H,13,14)(H,15,16). The molecule has 0 aliphatic carbocycles. The highest BCUT2D eigenvalue weighted by molar-refractivity contribution is 6.13. The molecule has 0 spiro atoms. The number of carboxylic acids is 1. The SMILES string of the molecule is O=C1NC(C(=O)O)c2[nH]c3ccccc3c21. The van der Waals surface area contributed by atoms with Crippen LogP contribution in [-0.2, 0) is 4.79 Å². The average molecular weight is 216 g/mol. The monoisotopic (exact) mass is 216 g/mol. The molecule has 16 heavy (non-hydrogen) atoms. The number of carboxylic acid groups (broad SMARTS) is 1. The molecule has 5 nitrogen and oxygen atoms in total. The third kappa shape index (κ3) is 0.995. The van der Waals surface area contributed by atoms with E-state index in [0.717, 1.165) is 10.9 Å². The third-order valence-corrected chi connectivity index (χ3v) is 2.77. The molecule has 1 aliphatic heterocycles. The quantitative estimate of drug-likeness (QED) is 0.666. The van der Waals surface area contributed by atoms with E-state index in [4.69, 9.17) is 5.11 Å². The van der Waals surface area contributed by atoms with Crippen molar-refractivity contribution >= 4 is 22.8 Å². The van der Waals surface area contributed by atoms with E-state index in [-0.39, 0.29) is 5.91 Å². The Morgan fingerprint density at radius 2 is 2.06 bits per heavy atom. The first-order chi connectivity index (χ1) is 7.68. The van der Waals surface area contributed by atoms with Crippen LogP contribution >= 0.6 is 0 Å². The number of benzene rings is 1. The van der Waals surface area contributed by atoms with Gasteiger partial charge in [0.25, 0.3) is 5.91 Å². The second-order valence-electron chi connectivity index (χ2n) is 3.70. The number of fused-ring (bicyclic) bond motifs is 3. The minimum Gasteiger partial charge on any atom is -0.479 e. The van der Waals surface area contributed by atoms with Crippen molar-refractivity contribution in [2.24, 2.45) is 0 Å². The summed E-state index contributed by atoms with van der Waals surface area (Å²) in [5.41, 5.74) is 1.68. The van der Waals surface area contributed by atoms with Crippen molar-refractivity contribution in [3.63, 3.8) is 0 Å². The number of aromatic nitrogens is 1. The molecule has 0 fully saturated rings. The molecule has 1 aromatic carbocycles. The lowest BCUT2D eigenvalue weighted by Crippen LogP contribution is -2.26. The number of aromatic amines is 1. The van der Waals surface area contributed by atoms with Crippen LogP contribution in [0.25, 0.3) is 10.9 Å². The minimum atomic E-state index is -1.06. The second kappa shape index (κ2) is 2.85. The number of para-hydroxylation sites is 1. The first-order valence-electron chi connectivity index (χ1n) is 4.83. The molecule has 80 valence electrons. The van der Waals surface area contributed by atoms with Crippen molar-refractivity contribution < 1.29 is 14.7 Å². The van der Waals surface area contributed by atoms with Crippen LogP contribution in [0.5, 0.6) is 0 Å². The Morgan fingerprint density at radius 1 is 1.31 bits per heavy atom. The molecule has 1 atom stereocenters. The molecule has 1 amide bonds. The van der Waals surface area contributed by atoms with E-state index in [1.165, 1.54) is 0 Å². The summed E-state index contributed by atoms with van der Waals surface area (Å²) < 4.78 is 0. The summed E-state index contributed by atoms with van der Waals surface area (Å²) in [7, 11) is 0. The lowest BCUT2D eigenvalue weighted by Gasteiger charge is -2.03. The molecule has 1 aromatic heterocycles. The van der Waals surface area contributed by atoms with Crippen LogP contribution in [0, 0.1) is 0 Å². The van der Waals surface area contributed by atoms with Gasteiger partial charge >= 0.3 is 5.97 Å². The molecule has 3 rings (SSSR count). The predicted octanol–water partition coefficient (Wildman–Crippen LogP) is 1.04. The van der Waals surface area contributed by atoms with Gasteiger partial charge in [-0.25, -0.2) is 4.79 Å². The molecular weight excluding hydrogens is 208 g/mol. The Kier molecular flexibility index (Phi) is 1.60. The number of carbonyl (C=O) groups is 2. The van der Waals surface area contributed by atoms with Crippen molar-refractivity contribution in [2.75, 3.05) is 0 Å². The number of H-pyrrole nitrogens is 1. The summed E-state index contributed by atoms with van der Waals surface area (Å²) in [6.07, 6.45) is 0. The number of hydrogen-bond donors (Lipinski definition) is 3. The Labute approximate surface area is 90.1 Å². The maximum atomic E-state index is 11.7. The minimum absolute atomic E-state index is 0.333. The van der Waals surface area contributed by atoms with Crippen LogP contribution in [-0.4, -0.2) is 22.0 Å².